The summed E-state index contributed by atoms with van der Waals surface area (Å²) in [6.45, 7) is 1.34. The van der Waals surface area contributed by atoms with Gasteiger partial charge in [-0.25, -0.2) is 28.4 Å². The third-order valence-electron chi connectivity index (χ3n) is 4.93. The number of sulfonamides is 1. The molecule has 3 heterocycles. The average molecular weight is 473 g/mol. The van der Waals surface area contributed by atoms with Gasteiger partial charge >= 0.3 is 0 Å². The highest BCUT2D eigenvalue weighted by Crippen LogP contribution is 2.19. The third kappa shape index (κ3) is 6.29. The number of nitrogens with zero attached hydrogens (tertiary/aromatic N) is 6. The SMILES string of the molecule is O=CN(O)[C@@H](CCc1nccc(F)n1)CS(=O)(=O)N1CCN(c2ccc(Cl)cn2)CC1. The van der Waals surface area contributed by atoms with E-state index in [4.69, 9.17) is 11.6 Å². The number of pyridine rings is 1. The number of carbonyl (C=O) groups is 1. The molecule has 3 rings (SSSR count). The summed E-state index contributed by atoms with van der Waals surface area (Å²) in [5.41, 5.74) is 0. The van der Waals surface area contributed by atoms with Gasteiger partial charge in [-0.3, -0.25) is 10.0 Å². The Hall–Kier alpha value is -2.41. The van der Waals surface area contributed by atoms with Crippen LogP contribution in [-0.2, 0) is 21.2 Å². The first kappa shape index (κ1) is 23.3. The van der Waals surface area contributed by atoms with Gasteiger partial charge in [-0.1, -0.05) is 11.6 Å². The second-order valence-electron chi connectivity index (χ2n) is 6.97. The maximum atomic E-state index is 13.2. The van der Waals surface area contributed by atoms with Gasteiger partial charge in [-0.15, -0.1) is 0 Å². The van der Waals surface area contributed by atoms with Gasteiger partial charge in [0.1, 0.15) is 11.6 Å². The zero-order valence-electron chi connectivity index (χ0n) is 16.5. The van der Waals surface area contributed by atoms with Crippen molar-refractivity contribution < 1.29 is 22.8 Å². The fraction of sp³-hybridized carbons (Fsp3) is 0.444. The van der Waals surface area contributed by atoms with Crippen LogP contribution in [-0.4, -0.2) is 82.3 Å². The summed E-state index contributed by atoms with van der Waals surface area (Å²) in [4.78, 5) is 24.8. The molecule has 13 heteroatoms. The number of anilines is 1. The van der Waals surface area contributed by atoms with Crippen LogP contribution in [0.25, 0.3) is 0 Å². The van der Waals surface area contributed by atoms with Crippen molar-refractivity contribution in [3.63, 3.8) is 0 Å². The van der Waals surface area contributed by atoms with E-state index in [1.807, 2.05) is 4.90 Å². The lowest BCUT2D eigenvalue weighted by atomic mass is 10.2. The number of aryl methyl sites for hydroxylation is 1. The van der Waals surface area contributed by atoms with E-state index in [2.05, 4.69) is 15.0 Å². The molecule has 0 radical (unpaired) electrons. The molecule has 1 saturated heterocycles. The molecule has 1 N–H and O–H groups in total. The number of rotatable bonds is 9. The van der Waals surface area contributed by atoms with Crippen LogP contribution in [0.4, 0.5) is 10.2 Å². The zero-order chi connectivity index (χ0) is 22.4. The molecule has 0 aliphatic carbocycles. The Morgan fingerprint density at radius 2 is 1.97 bits per heavy atom. The van der Waals surface area contributed by atoms with E-state index in [1.165, 1.54) is 16.7 Å². The van der Waals surface area contributed by atoms with Gasteiger partial charge in [0.25, 0.3) is 0 Å². The Morgan fingerprint density at radius 3 is 2.58 bits per heavy atom. The highest BCUT2D eigenvalue weighted by Gasteiger charge is 2.31. The first-order valence-electron chi connectivity index (χ1n) is 9.53. The van der Waals surface area contributed by atoms with Crippen LogP contribution in [0, 0.1) is 5.95 Å². The lowest BCUT2D eigenvalue weighted by molar-refractivity contribution is -0.158. The summed E-state index contributed by atoms with van der Waals surface area (Å²) in [5, 5.41) is 10.7. The van der Waals surface area contributed by atoms with Crippen LogP contribution >= 0.6 is 11.6 Å². The fourth-order valence-electron chi connectivity index (χ4n) is 3.27. The van der Waals surface area contributed by atoms with E-state index in [1.54, 1.807) is 12.1 Å². The lowest BCUT2D eigenvalue weighted by Crippen LogP contribution is -2.51. The number of hydrogen-bond donors (Lipinski definition) is 1. The van der Waals surface area contributed by atoms with Gasteiger partial charge in [0.2, 0.25) is 22.4 Å². The van der Waals surface area contributed by atoms with Gasteiger partial charge in [-0.2, -0.15) is 8.70 Å². The average Bonchev–Trinajstić information content (AvgIpc) is 2.76. The molecule has 31 heavy (non-hydrogen) atoms. The van der Waals surface area contributed by atoms with Crippen LogP contribution in [0.2, 0.25) is 5.02 Å². The predicted molar refractivity (Wildman–Crippen MR) is 111 cm³/mol. The minimum absolute atomic E-state index is 0.0482. The maximum absolute atomic E-state index is 13.2. The number of piperazine rings is 1. The van der Waals surface area contributed by atoms with Gasteiger partial charge in [0, 0.05) is 51.1 Å². The van der Waals surface area contributed by atoms with Crippen molar-refractivity contribution in [2.24, 2.45) is 0 Å². The fourth-order valence-corrected chi connectivity index (χ4v) is 5.12. The van der Waals surface area contributed by atoms with Gasteiger partial charge in [0.15, 0.2) is 0 Å². The van der Waals surface area contributed by atoms with Gasteiger partial charge in [-0.05, 0) is 18.6 Å². The van der Waals surface area contributed by atoms with Crippen LogP contribution < -0.4 is 4.90 Å². The molecule has 1 amide bonds. The highest BCUT2D eigenvalue weighted by molar-refractivity contribution is 7.89. The second kappa shape index (κ2) is 10.3. The molecule has 10 nitrogen and oxygen atoms in total. The zero-order valence-corrected chi connectivity index (χ0v) is 18.1. The highest BCUT2D eigenvalue weighted by atomic mass is 35.5. The van der Waals surface area contributed by atoms with Crippen molar-refractivity contribution in [2.75, 3.05) is 36.8 Å². The first-order valence-corrected chi connectivity index (χ1v) is 11.5. The summed E-state index contributed by atoms with van der Waals surface area (Å²) in [6.07, 6.45) is 3.07. The summed E-state index contributed by atoms with van der Waals surface area (Å²) in [5.74, 6) is -0.322. The van der Waals surface area contributed by atoms with Crippen LogP contribution in [0.15, 0.2) is 30.6 Å². The van der Waals surface area contributed by atoms with Crippen LogP contribution in [0.5, 0.6) is 0 Å². The molecular formula is C18H22ClFN6O4S. The minimum atomic E-state index is -3.77. The third-order valence-corrected chi connectivity index (χ3v) is 7.11. The molecule has 0 spiro atoms. The summed E-state index contributed by atoms with van der Waals surface area (Å²) < 4.78 is 40.3. The normalized spacial score (nSPS) is 16.2. The first-order chi connectivity index (χ1) is 14.8. The Labute approximate surface area is 184 Å². The van der Waals surface area contributed by atoms with Crippen molar-refractivity contribution in [3.8, 4) is 0 Å². The summed E-state index contributed by atoms with van der Waals surface area (Å²) >= 11 is 5.85. The molecule has 1 atom stereocenters. The molecule has 0 saturated carbocycles. The molecule has 0 bridgehead atoms. The minimum Gasteiger partial charge on any atom is -0.354 e. The van der Waals surface area contributed by atoms with Crippen molar-refractivity contribution >= 4 is 33.9 Å². The molecule has 1 aliphatic rings. The van der Waals surface area contributed by atoms with E-state index >= 15 is 0 Å². The number of amides is 1. The van der Waals surface area contributed by atoms with Gasteiger partial charge < -0.3 is 4.90 Å². The van der Waals surface area contributed by atoms with Crippen molar-refractivity contribution in [1.29, 1.82) is 0 Å². The van der Waals surface area contributed by atoms with Crippen LogP contribution in [0.1, 0.15) is 12.2 Å². The summed E-state index contributed by atoms with van der Waals surface area (Å²) in [7, 11) is -3.77. The molecule has 168 valence electrons. The Morgan fingerprint density at radius 1 is 1.23 bits per heavy atom. The largest absolute Gasteiger partial charge is 0.354 e. The van der Waals surface area contributed by atoms with Crippen molar-refractivity contribution in [1.82, 2.24) is 24.3 Å². The molecule has 0 unspecified atom stereocenters. The number of halogens is 2. The second-order valence-corrected chi connectivity index (χ2v) is 9.42. The van der Waals surface area contributed by atoms with Crippen molar-refractivity contribution in [2.45, 2.75) is 18.9 Å². The smallest absolute Gasteiger partial charge is 0.233 e. The topological polar surface area (TPSA) is 120 Å². The molecular weight excluding hydrogens is 451 g/mol. The number of carbonyl (C=O) groups excluding carboxylic acids is 1. The maximum Gasteiger partial charge on any atom is 0.233 e. The molecule has 2 aromatic rings. The number of hydroxylamine groups is 2. The monoisotopic (exact) mass is 472 g/mol. The standard InChI is InChI=1S/C18H22ClFN6O4S/c19-14-1-4-18(22-11-14)24-7-9-25(10-8-24)31(29,30)12-15(26(28)13-27)2-3-17-21-6-5-16(20)23-17/h1,4-6,11,13,15,28H,2-3,7-10,12H2/t15-/m0/s1. The van der Waals surface area contributed by atoms with E-state index in [-0.39, 0.29) is 38.2 Å². The van der Waals surface area contributed by atoms with Crippen LogP contribution in [0.3, 0.4) is 0 Å². The Balaban J connectivity index is 1.61. The molecule has 0 aromatic carbocycles. The van der Waals surface area contributed by atoms with E-state index in [9.17, 15) is 22.8 Å². The number of aromatic nitrogens is 3. The predicted octanol–water partition coefficient (Wildman–Crippen LogP) is 0.965. The van der Waals surface area contributed by atoms with E-state index in [0.29, 0.717) is 29.0 Å². The molecule has 2 aromatic heterocycles. The molecule has 1 aliphatic heterocycles. The molecule has 1 fully saturated rings. The quantitative estimate of drug-likeness (QED) is 0.248. The van der Waals surface area contributed by atoms with E-state index in [0.717, 1.165) is 6.07 Å². The van der Waals surface area contributed by atoms with Gasteiger partial charge in [0.05, 0.1) is 16.8 Å². The lowest BCUT2D eigenvalue weighted by Gasteiger charge is -2.35. The number of hydrogen-bond acceptors (Lipinski definition) is 8. The Bertz CT molecular complexity index is 989. The Kier molecular flexibility index (Phi) is 7.70. The van der Waals surface area contributed by atoms with E-state index < -0.39 is 27.8 Å². The summed E-state index contributed by atoms with van der Waals surface area (Å²) in [6, 6.07) is 3.55. The van der Waals surface area contributed by atoms with Crippen molar-refractivity contribution in [3.05, 3.63) is 47.4 Å².